The topological polar surface area (TPSA) is 105 Å². The molecule has 0 aliphatic rings. The lowest BCUT2D eigenvalue weighted by molar-refractivity contribution is -0.115. The zero-order chi connectivity index (χ0) is 19.1. The summed E-state index contributed by atoms with van der Waals surface area (Å²) < 4.78 is 10.5. The monoisotopic (exact) mass is 361 g/mol. The van der Waals surface area contributed by atoms with Gasteiger partial charge < -0.3 is 14.6 Å². The molecular weight excluding hydrogens is 346 g/mol. The number of hydrogen-bond donors (Lipinski definition) is 1. The number of esters is 1. The van der Waals surface area contributed by atoms with Crippen molar-refractivity contribution in [3.8, 4) is 17.4 Å². The number of ether oxygens (including phenoxy) is 1. The standard InChI is InChI=1S/C20H15N3O4/c21-11-10-19(24)22-16-8-6-15(7-9-16)20(25)26-13-17-12-18(27-23-17)14-4-2-1-3-5-14/h1-9,12H,10,13H2,(H,22,24). The van der Waals surface area contributed by atoms with E-state index in [-0.39, 0.29) is 13.0 Å². The van der Waals surface area contributed by atoms with Crippen LogP contribution in [-0.2, 0) is 16.1 Å². The number of amides is 1. The fraction of sp³-hybridized carbons (Fsp3) is 0.100. The highest BCUT2D eigenvalue weighted by Gasteiger charge is 2.11. The summed E-state index contributed by atoms with van der Waals surface area (Å²) in [5.41, 5.74) is 2.22. The molecule has 2 aromatic carbocycles. The van der Waals surface area contributed by atoms with Crippen molar-refractivity contribution in [3.63, 3.8) is 0 Å². The van der Waals surface area contributed by atoms with Gasteiger partial charge in [0.05, 0.1) is 11.6 Å². The maximum atomic E-state index is 12.1. The Morgan fingerprint density at radius 1 is 1.11 bits per heavy atom. The van der Waals surface area contributed by atoms with Gasteiger partial charge in [0.25, 0.3) is 0 Å². The molecule has 0 radical (unpaired) electrons. The molecule has 7 heteroatoms. The van der Waals surface area contributed by atoms with Gasteiger partial charge in [0.15, 0.2) is 5.76 Å². The average molecular weight is 361 g/mol. The van der Waals surface area contributed by atoms with Crippen LogP contribution in [0.2, 0.25) is 0 Å². The summed E-state index contributed by atoms with van der Waals surface area (Å²) in [5, 5.41) is 14.9. The predicted molar refractivity (Wildman–Crippen MR) is 96.4 cm³/mol. The molecule has 7 nitrogen and oxygen atoms in total. The summed E-state index contributed by atoms with van der Waals surface area (Å²) in [7, 11) is 0. The number of nitrogens with one attached hydrogen (secondary N) is 1. The third-order valence-electron chi connectivity index (χ3n) is 3.61. The van der Waals surface area contributed by atoms with Crippen LogP contribution in [0.3, 0.4) is 0 Å². The maximum Gasteiger partial charge on any atom is 0.338 e. The van der Waals surface area contributed by atoms with Crippen LogP contribution < -0.4 is 5.32 Å². The minimum atomic E-state index is -0.519. The molecule has 0 saturated heterocycles. The molecule has 1 heterocycles. The van der Waals surface area contributed by atoms with Crippen LogP contribution in [0.15, 0.2) is 65.2 Å². The molecule has 0 fully saturated rings. The van der Waals surface area contributed by atoms with E-state index in [1.807, 2.05) is 30.3 Å². The van der Waals surface area contributed by atoms with E-state index in [2.05, 4.69) is 10.5 Å². The van der Waals surface area contributed by atoms with Gasteiger partial charge in [-0.2, -0.15) is 5.26 Å². The van der Waals surface area contributed by atoms with Crippen molar-refractivity contribution < 1.29 is 18.8 Å². The number of hydrogen-bond acceptors (Lipinski definition) is 6. The first-order chi connectivity index (χ1) is 13.2. The zero-order valence-electron chi connectivity index (χ0n) is 14.2. The molecule has 3 aromatic rings. The van der Waals surface area contributed by atoms with Gasteiger partial charge in [-0.3, -0.25) is 4.79 Å². The second-order valence-corrected chi connectivity index (χ2v) is 5.59. The molecule has 0 aliphatic carbocycles. The lowest BCUT2D eigenvalue weighted by Gasteiger charge is -2.05. The molecule has 0 unspecified atom stereocenters. The quantitative estimate of drug-likeness (QED) is 0.673. The van der Waals surface area contributed by atoms with Crippen molar-refractivity contribution in [2.24, 2.45) is 0 Å². The third kappa shape index (κ3) is 4.80. The third-order valence-corrected chi connectivity index (χ3v) is 3.61. The Morgan fingerprint density at radius 2 is 1.85 bits per heavy atom. The normalized spacial score (nSPS) is 10.0. The summed E-state index contributed by atoms with van der Waals surface area (Å²) in [6, 6.07) is 19.2. The van der Waals surface area contributed by atoms with Crippen LogP contribution >= 0.6 is 0 Å². The summed E-state index contributed by atoms with van der Waals surface area (Å²) >= 11 is 0. The molecule has 1 amide bonds. The van der Waals surface area contributed by atoms with Crippen LogP contribution in [-0.4, -0.2) is 17.0 Å². The minimum absolute atomic E-state index is 0.0180. The highest BCUT2D eigenvalue weighted by Crippen LogP contribution is 2.20. The van der Waals surface area contributed by atoms with Crippen LogP contribution in [0.5, 0.6) is 0 Å². The van der Waals surface area contributed by atoms with Crippen molar-refractivity contribution in [1.29, 1.82) is 5.26 Å². The largest absolute Gasteiger partial charge is 0.455 e. The van der Waals surface area contributed by atoms with E-state index in [1.54, 1.807) is 24.3 Å². The van der Waals surface area contributed by atoms with Crippen molar-refractivity contribution in [2.75, 3.05) is 5.32 Å². The van der Waals surface area contributed by atoms with Gasteiger partial charge in [0.2, 0.25) is 5.91 Å². The lowest BCUT2D eigenvalue weighted by atomic mass is 10.2. The minimum Gasteiger partial charge on any atom is -0.455 e. The fourth-order valence-corrected chi connectivity index (χ4v) is 2.31. The Hall–Kier alpha value is -3.92. The Balaban J connectivity index is 1.56. The number of nitriles is 1. The number of carbonyl (C=O) groups excluding carboxylic acids is 2. The predicted octanol–water partition coefficient (Wildman–Crippen LogP) is 3.55. The molecule has 1 N–H and O–H groups in total. The molecule has 0 saturated carbocycles. The maximum absolute atomic E-state index is 12.1. The second kappa shape index (κ2) is 8.45. The van der Waals surface area contributed by atoms with Crippen molar-refractivity contribution in [1.82, 2.24) is 5.16 Å². The number of anilines is 1. The van der Waals surface area contributed by atoms with Crippen LogP contribution in [0.4, 0.5) is 5.69 Å². The Kier molecular flexibility index (Phi) is 5.60. The SMILES string of the molecule is N#CCC(=O)Nc1ccc(C(=O)OCc2cc(-c3ccccc3)on2)cc1. The Morgan fingerprint density at radius 3 is 2.56 bits per heavy atom. The first-order valence-corrected chi connectivity index (χ1v) is 8.11. The van der Waals surface area contributed by atoms with E-state index < -0.39 is 11.9 Å². The highest BCUT2D eigenvalue weighted by atomic mass is 16.5. The summed E-state index contributed by atoms with van der Waals surface area (Å²) in [6.07, 6.45) is -0.230. The molecule has 134 valence electrons. The molecule has 1 aromatic heterocycles. The van der Waals surface area contributed by atoms with E-state index in [0.29, 0.717) is 22.7 Å². The molecule has 27 heavy (non-hydrogen) atoms. The number of benzene rings is 2. The molecule has 3 rings (SSSR count). The second-order valence-electron chi connectivity index (χ2n) is 5.59. The smallest absolute Gasteiger partial charge is 0.338 e. The number of rotatable bonds is 6. The highest BCUT2D eigenvalue weighted by molar-refractivity contribution is 5.93. The fourth-order valence-electron chi connectivity index (χ4n) is 2.31. The number of nitrogens with zero attached hydrogens (tertiary/aromatic N) is 2. The Labute approximate surface area is 155 Å². The van der Waals surface area contributed by atoms with E-state index in [4.69, 9.17) is 14.5 Å². The first-order valence-electron chi connectivity index (χ1n) is 8.11. The van der Waals surface area contributed by atoms with Gasteiger partial charge in [0.1, 0.15) is 18.7 Å². The van der Waals surface area contributed by atoms with Crippen molar-refractivity contribution in [2.45, 2.75) is 13.0 Å². The summed E-state index contributed by atoms with van der Waals surface area (Å²) in [5.74, 6) is -0.332. The Bertz CT molecular complexity index is 972. The van der Waals surface area contributed by atoms with Gasteiger partial charge in [-0.1, -0.05) is 35.5 Å². The van der Waals surface area contributed by atoms with Gasteiger partial charge in [-0.25, -0.2) is 4.79 Å². The summed E-state index contributed by atoms with van der Waals surface area (Å²) in [6.45, 7) is -0.0180. The molecule has 0 spiro atoms. The molecule has 0 bridgehead atoms. The molecule has 0 atom stereocenters. The van der Waals surface area contributed by atoms with Crippen LogP contribution in [0, 0.1) is 11.3 Å². The lowest BCUT2D eigenvalue weighted by Crippen LogP contribution is -2.10. The van der Waals surface area contributed by atoms with Gasteiger partial charge >= 0.3 is 5.97 Å². The first kappa shape index (κ1) is 17.9. The van der Waals surface area contributed by atoms with Gasteiger partial charge in [-0.05, 0) is 24.3 Å². The van der Waals surface area contributed by atoms with E-state index in [9.17, 15) is 9.59 Å². The van der Waals surface area contributed by atoms with E-state index in [0.717, 1.165) is 5.56 Å². The van der Waals surface area contributed by atoms with E-state index in [1.165, 1.54) is 12.1 Å². The van der Waals surface area contributed by atoms with Crippen molar-refractivity contribution >= 4 is 17.6 Å². The van der Waals surface area contributed by atoms with E-state index >= 15 is 0 Å². The average Bonchev–Trinajstić information content (AvgIpc) is 3.17. The van der Waals surface area contributed by atoms with Gasteiger partial charge in [-0.15, -0.1) is 0 Å². The zero-order valence-corrected chi connectivity index (χ0v) is 14.2. The van der Waals surface area contributed by atoms with Gasteiger partial charge in [0, 0.05) is 17.3 Å². The molecule has 0 aliphatic heterocycles. The molecular formula is C20H15N3O4. The summed E-state index contributed by atoms with van der Waals surface area (Å²) in [4.78, 5) is 23.5. The van der Waals surface area contributed by atoms with Crippen molar-refractivity contribution in [3.05, 3.63) is 71.9 Å². The number of carbonyl (C=O) groups is 2. The van der Waals surface area contributed by atoms with Crippen LogP contribution in [0.1, 0.15) is 22.5 Å². The number of aromatic nitrogens is 1. The van der Waals surface area contributed by atoms with Crippen LogP contribution in [0.25, 0.3) is 11.3 Å².